The van der Waals surface area contributed by atoms with Crippen molar-refractivity contribution in [1.29, 1.82) is 0 Å². The van der Waals surface area contributed by atoms with Gasteiger partial charge in [0.05, 0.1) is 74.9 Å². The molecule has 0 aliphatic rings. The van der Waals surface area contributed by atoms with Gasteiger partial charge < -0.3 is 49.6 Å². The second-order valence-electron chi connectivity index (χ2n) is 16.0. The number of hydrogen-bond donors (Lipinski definition) is 7. The van der Waals surface area contributed by atoms with E-state index < -0.39 is 32.6 Å². The lowest BCUT2D eigenvalue weighted by molar-refractivity contribution is -0.154. The Kier molecular flexibility index (Phi) is 29.8. The average molecular weight is 993 g/mol. The predicted molar refractivity (Wildman–Crippen MR) is 269 cm³/mol. The van der Waals surface area contributed by atoms with Crippen LogP contribution in [0.4, 0.5) is 5.82 Å². The minimum absolute atomic E-state index is 0. The first-order valence-electron chi connectivity index (χ1n) is 20.4. The van der Waals surface area contributed by atoms with E-state index in [0.29, 0.717) is 61.1 Å². The van der Waals surface area contributed by atoms with Gasteiger partial charge in [-0.2, -0.15) is 8.42 Å². The number of rotatable bonds is 13. The molecular formula is C48H76N6O14S. The van der Waals surface area contributed by atoms with E-state index in [0.717, 1.165) is 33.5 Å². The Hall–Kier alpha value is -6.47. The molecule has 0 saturated heterocycles. The third kappa shape index (κ3) is 23.9. The topological polar surface area (TPSA) is 309 Å². The first kappa shape index (κ1) is 66.8. The molecule has 5 aromatic heterocycles. The number of hydrogen-bond acceptors (Lipinski definition) is 15. The molecule has 20 nitrogen and oxygen atoms in total. The summed E-state index contributed by atoms with van der Waals surface area (Å²) >= 11 is 0. The number of aliphatic hydroxyl groups excluding tert-OH is 1. The van der Waals surface area contributed by atoms with E-state index in [2.05, 4.69) is 36.8 Å². The normalized spacial score (nSPS) is 10.5. The molecule has 0 radical (unpaired) electrons. The molecule has 0 atom stereocenters. The number of esters is 2. The first-order chi connectivity index (χ1) is 30.7. The van der Waals surface area contributed by atoms with Crippen molar-refractivity contribution in [1.82, 2.24) is 24.9 Å². The summed E-state index contributed by atoms with van der Waals surface area (Å²) in [5, 5.41) is 18.6. The van der Waals surface area contributed by atoms with Crippen molar-refractivity contribution in [2.24, 2.45) is 16.2 Å². The summed E-state index contributed by atoms with van der Waals surface area (Å²) in [5.41, 5.74) is 7.66. The van der Waals surface area contributed by atoms with Crippen molar-refractivity contribution in [2.45, 2.75) is 104 Å². The second kappa shape index (κ2) is 30.8. The molecule has 0 fully saturated rings. The molecule has 0 spiro atoms. The molecule has 5 heterocycles. The highest BCUT2D eigenvalue weighted by Gasteiger charge is 2.31. The maximum absolute atomic E-state index is 11.9. The Morgan fingerprint density at radius 1 is 0.667 bits per heavy atom. The molecule has 0 amide bonds. The van der Waals surface area contributed by atoms with E-state index >= 15 is 0 Å². The van der Waals surface area contributed by atoms with Crippen molar-refractivity contribution >= 4 is 56.2 Å². The number of ether oxygens (including phenoxy) is 5. The van der Waals surface area contributed by atoms with E-state index in [1.807, 2.05) is 45.0 Å². The fraction of sp³-hybridized carbons (Fsp3) is 0.500. The minimum atomic E-state index is -4.67. The second-order valence-corrected chi connectivity index (χ2v) is 16.9. The molecule has 0 aliphatic heterocycles. The molecule has 5 rings (SSSR count). The minimum Gasteiger partial charge on any atom is -0.495 e. The van der Waals surface area contributed by atoms with E-state index in [-0.39, 0.29) is 40.8 Å². The van der Waals surface area contributed by atoms with Crippen LogP contribution in [0.15, 0.2) is 48.9 Å². The van der Waals surface area contributed by atoms with Crippen LogP contribution in [-0.4, -0.2) is 112 Å². The lowest BCUT2D eigenvalue weighted by Crippen LogP contribution is -2.29. The van der Waals surface area contributed by atoms with Crippen molar-refractivity contribution in [2.75, 3.05) is 46.9 Å². The van der Waals surface area contributed by atoms with Gasteiger partial charge in [-0.1, -0.05) is 34.1 Å². The van der Waals surface area contributed by atoms with Gasteiger partial charge in [-0.25, -0.2) is 15.0 Å². The van der Waals surface area contributed by atoms with Gasteiger partial charge in [0, 0.05) is 54.1 Å². The van der Waals surface area contributed by atoms with Gasteiger partial charge in [0.1, 0.15) is 34.4 Å². The number of aromatic amines is 2. The van der Waals surface area contributed by atoms with Crippen LogP contribution in [0, 0.1) is 28.1 Å². The third-order valence-corrected chi connectivity index (χ3v) is 8.86. The number of carboxylic acids is 1. The van der Waals surface area contributed by atoms with Crippen LogP contribution in [0.2, 0.25) is 0 Å². The van der Waals surface area contributed by atoms with Gasteiger partial charge in [0.25, 0.3) is 0 Å². The SMILES string of the molecule is C.C.C.CCO.CCOC(=O)C(C)(C)CC#Cc1cc(OC)cnc1N.CCOC(=O)C(C)(C)Cc1cc2cc(OC)cnc2[nH]1.COc1cnc2[nH]c(CC(C)(C)C(=O)O)cc2c1.O=S(=O)(O)O. The van der Waals surface area contributed by atoms with Crippen molar-refractivity contribution < 1.29 is 65.8 Å². The summed E-state index contributed by atoms with van der Waals surface area (Å²) in [5.74, 6) is 6.93. The van der Waals surface area contributed by atoms with Gasteiger partial charge in [-0.05, 0) is 86.6 Å². The Labute approximate surface area is 407 Å². The van der Waals surface area contributed by atoms with Crippen LogP contribution in [0.25, 0.3) is 22.1 Å². The summed E-state index contributed by atoms with van der Waals surface area (Å²) in [7, 11) is 0.0819. The molecule has 0 unspecified atom stereocenters. The van der Waals surface area contributed by atoms with Crippen LogP contribution in [0.5, 0.6) is 17.2 Å². The number of nitrogens with two attached hydrogens (primary N) is 1. The van der Waals surface area contributed by atoms with Crippen LogP contribution < -0.4 is 19.9 Å². The third-order valence-electron chi connectivity index (χ3n) is 8.86. The summed E-state index contributed by atoms with van der Waals surface area (Å²) < 4.78 is 57.0. The number of H-pyrrole nitrogens is 2. The Morgan fingerprint density at radius 3 is 1.41 bits per heavy atom. The molecule has 21 heteroatoms. The summed E-state index contributed by atoms with van der Waals surface area (Å²) in [4.78, 5) is 53.6. The lowest BCUT2D eigenvalue weighted by atomic mass is 9.88. The number of methoxy groups -OCH3 is 3. The van der Waals surface area contributed by atoms with Gasteiger partial charge >= 0.3 is 28.3 Å². The number of nitrogens with zero attached hydrogens (tertiary/aromatic N) is 3. The van der Waals surface area contributed by atoms with Gasteiger partial charge in [0.15, 0.2) is 0 Å². The van der Waals surface area contributed by atoms with Crippen LogP contribution in [0.1, 0.15) is 108 Å². The quantitative estimate of drug-likeness (QED) is 0.0332. The molecule has 388 valence electrons. The van der Waals surface area contributed by atoms with E-state index in [4.69, 9.17) is 57.2 Å². The number of carboxylic acid groups (broad SMARTS) is 1. The Balaban J connectivity index is -0.000000859. The number of carbonyl (C=O) groups excluding carboxylic acids is 2. The maximum atomic E-state index is 11.9. The highest BCUT2D eigenvalue weighted by molar-refractivity contribution is 7.79. The molecular weight excluding hydrogens is 917 g/mol. The number of aliphatic hydroxyl groups is 1. The van der Waals surface area contributed by atoms with E-state index in [1.54, 1.807) is 81.3 Å². The number of anilines is 1. The van der Waals surface area contributed by atoms with Crippen LogP contribution >= 0.6 is 0 Å². The number of aromatic nitrogens is 5. The molecule has 5 aromatic rings. The number of fused-ring (bicyclic) bond motifs is 2. The predicted octanol–water partition coefficient (Wildman–Crippen LogP) is 8.19. The van der Waals surface area contributed by atoms with E-state index in [1.165, 1.54) is 6.20 Å². The smallest absolute Gasteiger partial charge is 0.394 e. The summed E-state index contributed by atoms with van der Waals surface area (Å²) in [6, 6.07) is 9.41. The van der Waals surface area contributed by atoms with E-state index in [9.17, 15) is 14.4 Å². The Morgan fingerprint density at radius 2 is 1.03 bits per heavy atom. The van der Waals surface area contributed by atoms with Gasteiger partial charge in [-0.15, -0.1) is 0 Å². The zero-order valence-electron chi connectivity index (χ0n) is 39.6. The fourth-order valence-electron chi connectivity index (χ4n) is 5.37. The number of aliphatic carboxylic acids is 1. The summed E-state index contributed by atoms with van der Waals surface area (Å²) in [6.45, 7) is 17.0. The lowest BCUT2D eigenvalue weighted by Gasteiger charge is -2.21. The standard InChI is InChI=1S/2C15H20N2O3.C13H16N2O3.C2H6O.3CH4.H2O4S/c1-5-20-14(18)15(2,3)8-11-6-10-7-12(19-4)9-16-13(10)17-11;1-5-20-14(18)15(2,3)8-6-7-11-9-12(19-4)10-17-13(11)16;1-13(2,12(16)17)6-9-4-8-5-10(18-3)7-14-11(8)15-9;1-2-3;;;;1-5(2,3)4/h6-7,9H,5,8H2,1-4H3,(H,16,17);9-10H,5,8H2,1-4H3,(H2,16,17);4-5,7H,6H2,1-3H3,(H,14,15)(H,16,17);3H,2H2,1H3;3*1H4;(H2,1,2,3,4). The zero-order chi connectivity index (χ0) is 50.5. The Bertz CT molecular complexity index is 2520. The molecule has 0 aromatic carbocycles. The first-order valence-corrected chi connectivity index (χ1v) is 21.8. The zero-order valence-corrected chi connectivity index (χ0v) is 40.4. The number of nitrogens with one attached hydrogen (secondary N) is 2. The van der Waals surface area contributed by atoms with Crippen molar-refractivity contribution in [3.63, 3.8) is 0 Å². The van der Waals surface area contributed by atoms with Crippen LogP contribution in [-0.2, 0) is 47.1 Å². The van der Waals surface area contributed by atoms with Crippen molar-refractivity contribution in [3.8, 4) is 29.1 Å². The monoisotopic (exact) mass is 993 g/mol. The summed E-state index contributed by atoms with van der Waals surface area (Å²) in [6.07, 6.45) is 6.21. The average Bonchev–Trinajstić information content (AvgIpc) is 3.82. The van der Waals surface area contributed by atoms with Crippen molar-refractivity contribution in [3.05, 3.63) is 65.9 Å². The maximum Gasteiger partial charge on any atom is 0.394 e. The van der Waals surface area contributed by atoms with Crippen LogP contribution in [0.3, 0.4) is 0 Å². The molecule has 0 bridgehead atoms. The van der Waals surface area contributed by atoms with Gasteiger partial charge in [-0.3, -0.25) is 23.5 Å². The largest absolute Gasteiger partial charge is 0.495 e. The van der Waals surface area contributed by atoms with Gasteiger partial charge in [0.2, 0.25) is 0 Å². The fourth-order valence-corrected chi connectivity index (χ4v) is 5.37. The highest BCUT2D eigenvalue weighted by atomic mass is 32.3. The molecule has 69 heavy (non-hydrogen) atoms. The molecule has 0 aliphatic carbocycles. The molecule has 0 saturated carbocycles. The highest BCUT2D eigenvalue weighted by Crippen LogP contribution is 2.28. The number of pyridine rings is 3. The number of nitrogen functional groups attached to an aromatic ring is 1. The molecule has 8 N–H and O–H groups in total. The number of carbonyl (C=O) groups is 3.